The molecule has 0 aliphatic rings. The Morgan fingerprint density at radius 2 is 1.85 bits per heavy atom. The molecule has 0 aliphatic heterocycles. The second kappa shape index (κ2) is 4.84. The van der Waals surface area contributed by atoms with Gasteiger partial charge in [0.25, 0.3) is 0 Å². The second-order valence-corrected chi connectivity index (χ2v) is 5.35. The lowest BCUT2D eigenvalue weighted by Gasteiger charge is -2.16. The summed E-state index contributed by atoms with van der Waals surface area (Å²) < 4.78 is 1.79. The molecule has 0 spiro atoms. The van der Waals surface area contributed by atoms with Crippen LogP contribution in [0, 0.1) is 6.92 Å². The standard InChI is InChI=1S/C16H16ClN3/c1-10-15(17)16(18)20(19-10)11(2)13-9-5-7-12-6-3-4-8-14(12)13/h3-9,11H,18H2,1-2H3. The molecule has 3 aromatic rings. The van der Waals surface area contributed by atoms with E-state index in [9.17, 15) is 0 Å². The molecule has 3 nitrogen and oxygen atoms in total. The van der Waals surface area contributed by atoms with Gasteiger partial charge in [0.15, 0.2) is 0 Å². The minimum absolute atomic E-state index is 0.0345. The van der Waals surface area contributed by atoms with Gasteiger partial charge in [-0.1, -0.05) is 54.1 Å². The highest BCUT2D eigenvalue weighted by Crippen LogP contribution is 2.31. The van der Waals surface area contributed by atoms with Gasteiger partial charge in [0, 0.05) is 0 Å². The summed E-state index contributed by atoms with van der Waals surface area (Å²) in [6.45, 7) is 3.95. The normalized spacial score (nSPS) is 12.8. The molecule has 0 radical (unpaired) electrons. The van der Waals surface area contributed by atoms with Crippen LogP contribution in [0.15, 0.2) is 42.5 Å². The maximum absolute atomic E-state index is 6.14. The minimum atomic E-state index is 0.0345. The Labute approximate surface area is 123 Å². The van der Waals surface area contributed by atoms with E-state index in [1.54, 1.807) is 4.68 Å². The molecule has 0 bridgehead atoms. The van der Waals surface area contributed by atoms with Crippen LogP contribution < -0.4 is 5.73 Å². The van der Waals surface area contributed by atoms with Crippen molar-refractivity contribution in [1.29, 1.82) is 0 Å². The van der Waals surface area contributed by atoms with Gasteiger partial charge < -0.3 is 5.73 Å². The number of anilines is 1. The van der Waals surface area contributed by atoms with Crippen molar-refractivity contribution < 1.29 is 0 Å². The van der Waals surface area contributed by atoms with E-state index in [4.69, 9.17) is 17.3 Å². The first-order valence-corrected chi connectivity index (χ1v) is 6.95. The number of hydrogen-bond acceptors (Lipinski definition) is 2. The van der Waals surface area contributed by atoms with Crippen molar-refractivity contribution in [3.8, 4) is 0 Å². The van der Waals surface area contributed by atoms with Gasteiger partial charge in [-0.25, -0.2) is 4.68 Å². The van der Waals surface area contributed by atoms with Crippen LogP contribution in [-0.2, 0) is 0 Å². The fraction of sp³-hybridized carbons (Fsp3) is 0.188. The minimum Gasteiger partial charge on any atom is -0.383 e. The lowest BCUT2D eigenvalue weighted by atomic mass is 10.00. The number of rotatable bonds is 2. The van der Waals surface area contributed by atoms with Crippen molar-refractivity contribution in [2.45, 2.75) is 19.9 Å². The third kappa shape index (κ3) is 1.95. The third-order valence-electron chi connectivity index (χ3n) is 3.69. The molecular formula is C16H16ClN3. The van der Waals surface area contributed by atoms with Gasteiger partial charge in [0.05, 0.1) is 11.7 Å². The molecular weight excluding hydrogens is 270 g/mol. The molecule has 102 valence electrons. The van der Waals surface area contributed by atoms with Crippen molar-refractivity contribution in [2.24, 2.45) is 0 Å². The largest absolute Gasteiger partial charge is 0.383 e. The van der Waals surface area contributed by atoms with E-state index in [0.29, 0.717) is 10.8 Å². The smallest absolute Gasteiger partial charge is 0.141 e. The van der Waals surface area contributed by atoms with Crippen LogP contribution in [0.1, 0.15) is 24.2 Å². The first kappa shape index (κ1) is 13.0. The van der Waals surface area contributed by atoms with Crippen LogP contribution in [0.3, 0.4) is 0 Å². The number of benzene rings is 2. The monoisotopic (exact) mass is 285 g/mol. The number of aryl methyl sites for hydroxylation is 1. The third-order valence-corrected chi connectivity index (χ3v) is 4.15. The van der Waals surface area contributed by atoms with E-state index < -0.39 is 0 Å². The summed E-state index contributed by atoms with van der Waals surface area (Å²) in [4.78, 5) is 0. The highest BCUT2D eigenvalue weighted by atomic mass is 35.5. The van der Waals surface area contributed by atoms with Crippen molar-refractivity contribution in [2.75, 3.05) is 5.73 Å². The number of nitrogen functional groups attached to an aromatic ring is 1. The van der Waals surface area contributed by atoms with E-state index >= 15 is 0 Å². The lowest BCUT2D eigenvalue weighted by Crippen LogP contribution is -2.12. The van der Waals surface area contributed by atoms with Crippen molar-refractivity contribution in [1.82, 2.24) is 9.78 Å². The van der Waals surface area contributed by atoms with Crippen LogP contribution in [-0.4, -0.2) is 9.78 Å². The molecule has 0 fully saturated rings. The molecule has 2 aromatic carbocycles. The lowest BCUT2D eigenvalue weighted by molar-refractivity contribution is 0.572. The predicted octanol–water partition coefficient (Wildman–Crippen LogP) is 4.19. The van der Waals surface area contributed by atoms with Gasteiger partial charge in [0.2, 0.25) is 0 Å². The summed E-state index contributed by atoms with van der Waals surface area (Å²) in [5.74, 6) is 0.518. The zero-order valence-corrected chi connectivity index (χ0v) is 12.2. The molecule has 3 rings (SSSR count). The Morgan fingerprint density at radius 1 is 1.15 bits per heavy atom. The average Bonchev–Trinajstić information content (AvgIpc) is 2.73. The fourth-order valence-electron chi connectivity index (χ4n) is 2.59. The Bertz CT molecular complexity index is 771. The maximum atomic E-state index is 6.14. The van der Waals surface area contributed by atoms with Crippen LogP contribution in [0.5, 0.6) is 0 Å². The van der Waals surface area contributed by atoms with Gasteiger partial charge in [-0.3, -0.25) is 0 Å². The Kier molecular flexibility index (Phi) is 3.14. The molecule has 1 aromatic heterocycles. The molecule has 2 N–H and O–H groups in total. The van der Waals surface area contributed by atoms with E-state index in [1.807, 2.05) is 19.1 Å². The second-order valence-electron chi connectivity index (χ2n) is 4.97. The Morgan fingerprint density at radius 3 is 2.55 bits per heavy atom. The van der Waals surface area contributed by atoms with E-state index in [1.165, 1.54) is 16.3 Å². The number of fused-ring (bicyclic) bond motifs is 1. The van der Waals surface area contributed by atoms with Crippen LogP contribution in [0.25, 0.3) is 10.8 Å². The highest BCUT2D eigenvalue weighted by molar-refractivity contribution is 6.33. The first-order valence-electron chi connectivity index (χ1n) is 6.57. The molecule has 1 atom stereocenters. The summed E-state index contributed by atoms with van der Waals surface area (Å²) in [7, 11) is 0. The van der Waals surface area contributed by atoms with E-state index in [2.05, 4.69) is 42.4 Å². The zero-order chi connectivity index (χ0) is 14.3. The SMILES string of the molecule is Cc1nn(C(C)c2cccc3ccccc23)c(N)c1Cl. The topological polar surface area (TPSA) is 43.8 Å². The van der Waals surface area contributed by atoms with Crippen LogP contribution >= 0.6 is 11.6 Å². The number of halogens is 1. The number of nitrogens with two attached hydrogens (primary N) is 1. The predicted molar refractivity (Wildman–Crippen MR) is 84.1 cm³/mol. The summed E-state index contributed by atoms with van der Waals surface area (Å²) in [6, 6.07) is 14.6. The first-order chi connectivity index (χ1) is 9.59. The number of hydrogen-bond donors (Lipinski definition) is 1. The summed E-state index contributed by atoms with van der Waals surface area (Å²) in [5, 5.41) is 7.42. The molecule has 1 heterocycles. The van der Waals surface area contributed by atoms with E-state index in [0.717, 1.165) is 5.69 Å². The van der Waals surface area contributed by atoms with Gasteiger partial charge in [-0.05, 0) is 30.2 Å². The molecule has 0 aliphatic carbocycles. The molecule has 1 unspecified atom stereocenters. The Balaban J connectivity index is 2.17. The summed E-state index contributed by atoms with van der Waals surface area (Å²) >= 11 is 6.14. The summed E-state index contributed by atoms with van der Waals surface area (Å²) in [5.41, 5.74) is 8.00. The molecule has 4 heteroatoms. The van der Waals surface area contributed by atoms with Crippen molar-refractivity contribution in [3.05, 3.63) is 58.7 Å². The van der Waals surface area contributed by atoms with Crippen molar-refractivity contribution in [3.63, 3.8) is 0 Å². The molecule has 0 amide bonds. The fourth-order valence-corrected chi connectivity index (χ4v) is 2.71. The molecule has 20 heavy (non-hydrogen) atoms. The Hall–Kier alpha value is -2.00. The molecule has 0 saturated heterocycles. The van der Waals surface area contributed by atoms with Gasteiger partial charge >= 0.3 is 0 Å². The summed E-state index contributed by atoms with van der Waals surface area (Å²) in [6.07, 6.45) is 0. The van der Waals surface area contributed by atoms with Gasteiger partial charge in [0.1, 0.15) is 10.8 Å². The molecule has 0 saturated carbocycles. The van der Waals surface area contributed by atoms with Gasteiger partial charge in [-0.15, -0.1) is 0 Å². The zero-order valence-electron chi connectivity index (χ0n) is 11.5. The maximum Gasteiger partial charge on any atom is 0.141 e. The van der Waals surface area contributed by atoms with Crippen LogP contribution in [0.2, 0.25) is 5.02 Å². The number of nitrogens with zero attached hydrogens (tertiary/aromatic N) is 2. The van der Waals surface area contributed by atoms with Gasteiger partial charge in [-0.2, -0.15) is 5.10 Å². The quantitative estimate of drug-likeness (QED) is 0.767. The number of aromatic nitrogens is 2. The average molecular weight is 286 g/mol. The van der Waals surface area contributed by atoms with E-state index in [-0.39, 0.29) is 6.04 Å². The highest BCUT2D eigenvalue weighted by Gasteiger charge is 2.18. The van der Waals surface area contributed by atoms with Crippen LogP contribution in [0.4, 0.5) is 5.82 Å². The van der Waals surface area contributed by atoms with Crippen molar-refractivity contribution >= 4 is 28.2 Å².